The number of aryl methyl sites for hydroxylation is 1. The molecule has 7 heteroatoms. The van der Waals surface area contributed by atoms with Gasteiger partial charge in [-0.1, -0.05) is 6.42 Å². The van der Waals surface area contributed by atoms with Gasteiger partial charge < -0.3 is 10.2 Å². The number of carbonyl (C=O) groups excluding carboxylic acids is 1. The van der Waals surface area contributed by atoms with Crippen LogP contribution >= 0.6 is 0 Å². The Balaban J connectivity index is 1.46. The zero-order chi connectivity index (χ0) is 19.2. The van der Waals surface area contributed by atoms with Gasteiger partial charge in [-0.15, -0.1) is 5.10 Å². The van der Waals surface area contributed by atoms with Gasteiger partial charge in [-0.2, -0.15) is 0 Å². The highest BCUT2D eigenvalue weighted by atomic mass is 19.1. The molecule has 0 radical (unpaired) electrons. The summed E-state index contributed by atoms with van der Waals surface area (Å²) in [6.07, 6.45) is 5.93. The van der Waals surface area contributed by atoms with Crippen LogP contribution in [0.1, 0.15) is 55.5 Å². The predicted molar refractivity (Wildman–Crippen MR) is 103 cm³/mol. The number of hydrogen-bond acceptors (Lipinski definition) is 4. The van der Waals surface area contributed by atoms with Crippen molar-refractivity contribution < 1.29 is 9.18 Å². The number of nitrogens with zero attached hydrogens (tertiary/aromatic N) is 4. The second kappa shape index (κ2) is 9.08. The van der Waals surface area contributed by atoms with Crippen LogP contribution in [0.4, 0.5) is 4.39 Å². The van der Waals surface area contributed by atoms with E-state index >= 15 is 0 Å². The molecular formula is C20H28FN5O. The number of piperidine rings is 1. The van der Waals surface area contributed by atoms with Crippen LogP contribution in [0.5, 0.6) is 0 Å². The van der Waals surface area contributed by atoms with Gasteiger partial charge >= 0.3 is 0 Å². The molecule has 1 aliphatic rings. The van der Waals surface area contributed by atoms with E-state index in [-0.39, 0.29) is 17.5 Å². The average molecular weight is 373 g/mol. The summed E-state index contributed by atoms with van der Waals surface area (Å²) in [5, 5.41) is 7.15. The van der Waals surface area contributed by atoms with Crippen molar-refractivity contribution in [2.24, 2.45) is 0 Å². The Morgan fingerprint density at radius 1 is 1.26 bits per heavy atom. The Kier molecular flexibility index (Phi) is 6.55. The van der Waals surface area contributed by atoms with Crippen molar-refractivity contribution >= 4 is 5.91 Å². The SMILES string of the molecule is Cc1nc(C(=O)NCCCCN2CCCCC2C)nn1-c1ccc(F)cc1. The van der Waals surface area contributed by atoms with Crippen LogP contribution in [0.15, 0.2) is 24.3 Å². The molecular weight excluding hydrogens is 345 g/mol. The van der Waals surface area contributed by atoms with E-state index < -0.39 is 0 Å². The van der Waals surface area contributed by atoms with Crippen molar-refractivity contribution in [3.63, 3.8) is 0 Å². The summed E-state index contributed by atoms with van der Waals surface area (Å²) in [5.41, 5.74) is 0.677. The van der Waals surface area contributed by atoms with Crippen molar-refractivity contribution in [2.75, 3.05) is 19.6 Å². The first-order valence-electron chi connectivity index (χ1n) is 9.76. The van der Waals surface area contributed by atoms with E-state index in [2.05, 4.69) is 27.2 Å². The molecule has 27 heavy (non-hydrogen) atoms. The topological polar surface area (TPSA) is 63.1 Å². The minimum Gasteiger partial charge on any atom is -0.349 e. The van der Waals surface area contributed by atoms with Crippen LogP contribution in [0.3, 0.4) is 0 Å². The van der Waals surface area contributed by atoms with Crippen LogP contribution in [-0.4, -0.2) is 51.2 Å². The highest BCUT2D eigenvalue weighted by Gasteiger charge is 2.18. The fourth-order valence-electron chi connectivity index (χ4n) is 3.52. The highest BCUT2D eigenvalue weighted by molar-refractivity contribution is 5.90. The first-order chi connectivity index (χ1) is 13.0. The van der Waals surface area contributed by atoms with Gasteiger partial charge in [0.1, 0.15) is 11.6 Å². The lowest BCUT2D eigenvalue weighted by molar-refractivity contribution is 0.0941. The summed E-state index contributed by atoms with van der Waals surface area (Å²) in [6, 6.07) is 6.62. The van der Waals surface area contributed by atoms with Gasteiger partial charge in [0.05, 0.1) is 5.69 Å². The third-order valence-electron chi connectivity index (χ3n) is 5.14. The average Bonchev–Trinajstić information content (AvgIpc) is 3.05. The first-order valence-corrected chi connectivity index (χ1v) is 9.76. The molecule has 3 rings (SSSR count). The Morgan fingerprint density at radius 3 is 2.78 bits per heavy atom. The third-order valence-corrected chi connectivity index (χ3v) is 5.14. The van der Waals surface area contributed by atoms with Crippen LogP contribution < -0.4 is 5.32 Å². The highest BCUT2D eigenvalue weighted by Crippen LogP contribution is 2.16. The van der Waals surface area contributed by atoms with Crippen molar-refractivity contribution in [3.05, 3.63) is 41.7 Å². The molecule has 0 aliphatic carbocycles. The number of likely N-dealkylation sites (tertiary alicyclic amines) is 1. The Labute approximate surface area is 159 Å². The van der Waals surface area contributed by atoms with E-state index in [1.54, 1.807) is 23.7 Å². The van der Waals surface area contributed by atoms with Crippen LogP contribution in [0.2, 0.25) is 0 Å². The molecule has 1 fully saturated rings. The number of nitrogens with one attached hydrogen (secondary N) is 1. The van der Waals surface area contributed by atoms with Gasteiger partial charge in [-0.05, 0) is 76.9 Å². The molecule has 146 valence electrons. The van der Waals surface area contributed by atoms with Crippen molar-refractivity contribution in [1.29, 1.82) is 0 Å². The van der Waals surface area contributed by atoms with Gasteiger partial charge in [-0.3, -0.25) is 4.79 Å². The molecule has 1 atom stereocenters. The van der Waals surface area contributed by atoms with Crippen LogP contribution in [-0.2, 0) is 0 Å². The number of aromatic nitrogens is 3. The normalized spacial score (nSPS) is 17.8. The number of unbranched alkanes of at least 4 members (excludes halogenated alkanes) is 1. The lowest BCUT2D eigenvalue weighted by atomic mass is 10.0. The largest absolute Gasteiger partial charge is 0.349 e. The van der Waals surface area contributed by atoms with Crippen molar-refractivity contribution in [1.82, 2.24) is 25.0 Å². The predicted octanol–water partition coefficient (Wildman–Crippen LogP) is 3.10. The minimum atomic E-state index is -0.312. The molecule has 0 bridgehead atoms. The zero-order valence-corrected chi connectivity index (χ0v) is 16.1. The summed E-state index contributed by atoms with van der Waals surface area (Å²) < 4.78 is 14.6. The zero-order valence-electron chi connectivity index (χ0n) is 16.1. The van der Waals surface area contributed by atoms with Crippen molar-refractivity contribution in [2.45, 2.75) is 52.0 Å². The maximum Gasteiger partial charge on any atom is 0.290 e. The molecule has 2 aromatic rings. The molecule has 6 nitrogen and oxygen atoms in total. The minimum absolute atomic E-state index is 0.140. The molecule has 0 spiro atoms. The van der Waals surface area contributed by atoms with Crippen LogP contribution in [0.25, 0.3) is 5.69 Å². The molecule has 1 N–H and O–H groups in total. The Morgan fingerprint density at radius 2 is 2.04 bits per heavy atom. The second-order valence-electron chi connectivity index (χ2n) is 7.21. The molecule has 1 saturated heterocycles. The van der Waals surface area contributed by atoms with Gasteiger partial charge in [0.2, 0.25) is 5.82 Å². The Hall–Kier alpha value is -2.28. The van der Waals surface area contributed by atoms with Gasteiger partial charge in [0.25, 0.3) is 5.91 Å². The summed E-state index contributed by atoms with van der Waals surface area (Å²) >= 11 is 0. The summed E-state index contributed by atoms with van der Waals surface area (Å²) in [7, 11) is 0. The van der Waals surface area contributed by atoms with Gasteiger partial charge in [-0.25, -0.2) is 14.1 Å². The molecule has 1 aromatic heterocycles. The number of carbonyl (C=O) groups is 1. The summed E-state index contributed by atoms with van der Waals surface area (Å²) in [6.45, 7) is 6.97. The Bertz CT molecular complexity index is 758. The van der Waals surface area contributed by atoms with E-state index in [0.717, 1.165) is 19.4 Å². The molecule has 0 saturated carbocycles. The summed E-state index contributed by atoms with van der Waals surface area (Å²) in [5.74, 6) is 0.144. The van der Waals surface area contributed by atoms with E-state index in [1.807, 2.05) is 0 Å². The molecule has 2 heterocycles. The maximum absolute atomic E-state index is 13.1. The number of benzene rings is 1. The maximum atomic E-state index is 13.1. The van der Waals surface area contributed by atoms with E-state index in [0.29, 0.717) is 24.1 Å². The van der Waals surface area contributed by atoms with Crippen molar-refractivity contribution in [3.8, 4) is 5.69 Å². The first kappa shape index (κ1) is 19.5. The van der Waals surface area contributed by atoms with Crippen LogP contribution in [0, 0.1) is 12.7 Å². The fourth-order valence-corrected chi connectivity index (χ4v) is 3.52. The molecule has 1 amide bonds. The van der Waals surface area contributed by atoms with E-state index in [4.69, 9.17) is 0 Å². The number of amides is 1. The van der Waals surface area contributed by atoms with Gasteiger partial charge in [0, 0.05) is 12.6 Å². The number of halogens is 1. The lowest BCUT2D eigenvalue weighted by Crippen LogP contribution is -2.38. The van der Waals surface area contributed by atoms with Gasteiger partial charge in [0.15, 0.2) is 0 Å². The third kappa shape index (κ3) is 5.13. The van der Waals surface area contributed by atoms with E-state index in [9.17, 15) is 9.18 Å². The fraction of sp³-hybridized carbons (Fsp3) is 0.550. The standard InChI is InChI=1S/C20H28FN5O/c1-15-7-3-5-13-25(15)14-6-4-12-22-20(27)19-23-16(2)26(24-19)18-10-8-17(21)9-11-18/h8-11,15H,3-7,12-14H2,1-2H3,(H,22,27). The molecule has 1 unspecified atom stereocenters. The smallest absolute Gasteiger partial charge is 0.290 e. The molecule has 1 aliphatic heterocycles. The lowest BCUT2D eigenvalue weighted by Gasteiger charge is -2.33. The summed E-state index contributed by atoms with van der Waals surface area (Å²) in [4.78, 5) is 19.1. The molecule has 1 aromatic carbocycles. The van der Waals surface area contributed by atoms with E-state index in [1.165, 1.54) is 37.9 Å². The number of rotatable bonds is 7. The quantitative estimate of drug-likeness (QED) is 0.758. The monoisotopic (exact) mass is 373 g/mol. The second-order valence-corrected chi connectivity index (χ2v) is 7.21. The number of hydrogen-bond donors (Lipinski definition) is 1.